The number of hydrogen-bond acceptors (Lipinski definition) is 6. The van der Waals surface area contributed by atoms with Crippen molar-refractivity contribution in [1.82, 2.24) is 8.75 Å². The van der Waals surface area contributed by atoms with Gasteiger partial charge in [0.25, 0.3) is 0 Å². The van der Waals surface area contributed by atoms with Crippen molar-refractivity contribution in [2.24, 2.45) is 0 Å². The van der Waals surface area contributed by atoms with E-state index in [0.717, 1.165) is 11.7 Å². The Morgan fingerprint density at radius 3 is 3.00 bits per heavy atom. The first-order valence-corrected chi connectivity index (χ1v) is 4.36. The summed E-state index contributed by atoms with van der Waals surface area (Å²) in [5, 5.41) is 13.1. The van der Waals surface area contributed by atoms with Crippen LogP contribution in [-0.4, -0.2) is 27.1 Å². The molecule has 12 heavy (non-hydrogen) atoms. The third-order valence-electron chi connectivity index (χ3n) is 1.07. The zero-order chi connectivity index (χ0) is 8.97. The molecule has 0 bridgehead atoms. The van der Waals surface area contributed by atoms with Gasteiger partial charge < -0.3 is 15.2 Å². The molecule has 0 saturated carbocycles. The lowest BCUT2D eigenvalue weighted by Crippen LogP contribution is -2.24. The van der Waals surface area contributed by atoms with E-state index in [1.807, 2.05) is 0 Å². The molecule has 1 aromatic rings. The molecule has 1 aromatic heterocycles. The molecular weight excluding hydrogens is 202 g/mol. The highest BCUT2D eigenvalue weighted by molar-refractivity contribution is 6.99. The van der Waals surface area contributed by atoms with Crippen LogP contribution in [0.15, 0.2) is 0 Å². The average Bonchev–Trinajstić information content (AvgIpc) is 2.48. The molecule has 1 rings (SSSR count). The smallest absolute Gasteiger partial charge is 0.169 e. The molecule has 66 valence electrons. The Morgan fingerprint density at radius 2 is 2.42 bits per heavy atom. The molecule has 1 heterocycles. The lowest BCUT2D eigenvalue weighted by Gasteiger charge is -2.02. The van der Waals surface area contributed by atoms with E-state index in [2.05, 4.69) is 14.1 Å². The average molecular weight is 207 g/mol. The summed E-state index contributed by atoms with van der Waals surface area (Å²) in [6.07, 6.45) is 0. The zero-order valence-electron chi connectivity index (χ0n) is 5.91. The van der Waals surface area contributed by atoms with Gasteiger partial charge in [0.05, 0.1) is 17.7 Å². The summed E-state index contributed by atoms with van der Waals surface area (Å²) in [5.74, 6) is -0.731. The highest BCUT2D eigenvalue weighted by Gasteiger charge is 2.06. The molecule has 0 aliphatic rings. The van der Waals surface area contributed by atoms with Crippen molar-refractivity contribution in [2.75, 3.05) is 17.7 Å². The van der Waals surface area contributed by atoms with E-state index in [1.54, 1.807) is 0 Å². The van der Waals surface area contributed by atoms with Crippen LogP contribution >= 0.6 is 23.3 Å². The van der Waals surface area contributed by atoms with Gasteiger partial charge in [-0.15, -0.1) is 11.6 Å². The zero-order valence-corrected chi connectivity index (χ0v) is 7.48. The van der Waals surface area contributed by atoms with E-state index in [9.17, 15) is 9.90 Å². The van der Waals surface area contributed by atoms with Crippen molar-refractivity contribution in [2.45, 2.75) is 0 Å². The Bertz CT molecular complexity index is 277. The van der Waals surface area contributed by atoms with E-state index < -0.39 is 5.97 Å². The Hall–Kier alpha value is -0.880. The van der Waals surface area contributed by atoms with Crippen molar-refractivity contribution in [3.8, 4) is 0 Å². The van der Waals surface area contributed by atoms with Gasteiger partial charge in [0.1, 0.15) is 5.69 Å². The topological polar surface area (TPSA) is 77.9 Å². The fraction of sp³-hybridized carbons (Fsp3) is 0.400. The monoisotopic (exact) mass is 206 g/mol. The molecule has 5 nitrogen and oxygen atoms in total. The van der Waals surface area contributed by atoms with Crippen LogP contribution in [0.25, 0.3) is 0 Å². The molecule has 0 amide bonds. The van der Waals surface area contributed by atoms with Crippen molar-refractivity contribution in [3.05, 3.63) is 5.69 Å². The van der Waals surface area contributed by atoms with Crippen LogP contribution in [0.1, 0.15) is 10.5 Å². The van der Waals surface area contributed by atoms with E-state index in [0.29, 0.717) is 12.4 Å². The fourth-order valence-electron chi connectivity index (χ4n) is 0.604. The number of halogens is 1. The number of alkyl halides is 1. The van der Waals surface area contributed by atoms with Crippen molar-refractivity contribution in [3.63, 3.8) is 0 Å². The minimum atomic E-state index is -1.33. The standard InChI is InChI=1S/C5H6ClN3O2S/c6-1-2-7-4-3(5(10)11)8-12-9-4/h1-2H2,(H,7,9)(H,10,11)/p-1. The van der Waals surface area contributed by atoms with Gasteiger partial charge in [-0.3, -0.25) is 0 Å². The van der Waals surface area contributed by atoms with Gasteiger partial charge in [-0.1, -0.05) is 0 Å². The van der Waals surface area contributed by atoms with E-state index in [-0.39, 0.29) is 11.5 Å². The van der Waals surface area contributed by atoms with Crippen molar-refractivity contribution in [1.29, 1.82) is 0 Å². The van der Waals surface area contributed by atoms with Crippen LogP contribution in [0.3, 0.4) is 0 Å². The SMILES string of the molecule is O=C([O-])c1nsnc1NCCCl. The Balaban J connectivity index is 2.70. The first kappa shape index (κ1) is 9.21. The Morgan fingerprint density at radius 1 is 1.67 bits per heavy atom. The van der Waals surface area contributed by atoms with Gasteiger partial charge in [0.2, 0.25) is 0 Å². The van der Waals surface area contributed by atoms with Crippen molar-refractivity contribution < 1.29 is 9.90 Å². The largest absolute Gasteiger partial charge is 0.543 e. The summed E-state index contributed by atoms with van der Waals surface area (Å²) < 4.78 is 7.25. The van der Waals surface area contributed by atoms with E-state index in [4.69, 9.17) is 11.6 Å². The van der Waals surface area contributed by atoms with Gasteiger partial charge in [0, 0.05) is 12.4 Å². The predicted octanol–water partition coefficient (Wildman–Crippen LogP) is -0.448. The van der Waals surface area contributed by atoms with Gasteiger partial charge >= 0.3 is 0 Å². The van der Waals surface area contributed by atoms with Crippen LogP contribution < -0.4 is 10.4 Å². The number of hydrogen-bond donors (Lipinski definition) is 1. The number of carbonyl (C=O) groups excluding carboxylic acids is 1. The molecular formula is C5H5ClN3O2S-. The maximum atomic E-state index is 10.4. The number of nitrogens with zero attached hydrogens (tertiary/aromatic N) is 2. The second-order valence-corrected chi connectivity index (χ2v) is 2.77. The van der Waals surface area contributed by atoms with Crippen LogP contribution in [0, 0.1) is 0 Å². The summed E-state index contributed by atoms with van der Waals surface area (Å²) in [5.41, 5.74) is -0.162. The number of aromatic carboxylic acids is 1. The Labute approximate surface area is 77.7 Å². The molecule has 1 N–H and O–H groups in total. The molecule has 0 radical (unpaired) electrons. The third kappa shape index (κ3) is 2.05. The second kappa shape index (κ2) is 4.22. The lowest BCUT2D eigenvalue weighted by atomic mass is 10.4. The molecule has 0 aliphatic carbocycles. The molecule has 0 saturated heterocycles. The van der Waals surface area contributed by atoms with Crippen LogP contribution in [0.5, 0.6) is 0 Å². The molecule has 0 fully saturated rings. The van der Waals surface area contributed by atoms with Gasteiger partial charge in [-0.05, 0) is 0 Å². The minimum Gasteiger partial charge on any atom is -0.543 e. The first-order chi connectivity index (χ1) is 5.75. The molecule has 0 spiro atoms. The summed E-state index contributed by atoms with van der Waals surface area (Å²) in [7, 11) is 0. The number of carboxylic acids is 1. The number of carboxylic acid groups (broad SMARTS) is 1. The molecule has 0 unspecified atom stereocenters. The second-order valence-electron chi connectivity index (χ2n) is 1.86. The maximum absolute atomic E-state index is 10.4. The van der Waals surface area contributed by atoms with E-state index in [1.165, 1.54) is 0 Å². The number of rotatable bonds is 4. The number of aromatic nitrogens is 2. The van der Waals surface area contributed by atoms with Gasteiger partial charge in [-0.25, -0.2) is 0 Å². The highest BCUT2D eigenvalue weighted by atomic mass is 35.5. The number of nitrogens with one attached hydrogen (secondary N) is 1. The van der Waals surface area contributed by atoms with Crippen molar-refractivity contribution >= 4 is 35.1 Å². The fourth-order valence-corrected chi connectivity index (χ4v) is 1.21. The highest BCUT2D eigenvalue weighted by Crippen LogP contribution is 2.10. The normalized spacial score (nSPS) is 9.75. The summed E-state index contributed by atoms with van der Waals surface area (Å²) in [6.45, 7) is 0.452. The molecule has 0 aliphatic heterocycles. The number of anilines is 1. The lowest BCUT2D eigenvalue weighted by molar-refractivity contribution is -0.255. The third-order valence-corrected chi connectivity index (χ3v) is 1.79. The van der Waals surface area contributed by atoms with Gasteiger partial charge in [-0.2, -0.15) is 8.75 Å². The Kier molecular flexibility index (Phi) is 3.24. The maximum Gasteiger partial charge on any atom is 0.169 e. The number of carbonyl (C=O) groups is 1. The van der Waals surface area contributed by atoms with Crippen LogP contribution in [-0.2, 0) is 0 Å². The van der Waals surface area contributed by atoms with Gasteiger partial charge in [0.15, 0.2) is 5.82 Å². The summed E-state index contributed by atoms with van der Waals surface area (Å²) in [6, 6.07) is 0. The van der Waals surface area contributed by atoms with E-state index >= 15 is 0 Å². The quantitative estimate of drug-likeness (QED) is 0.676. The van der Waals surface area contributed by atoms with Crippen LogP contribution in [0.4, 0.5) is 5.82 Å². The summed E-state index contributed by atoms with van der Waals surface area (Å²) >= 11 is 6.20. The summed E-state index contributed by atoms with van der Waals surface area (Å²) in [4.78, 5) is 10.4. The first-order valence-electron chi connectivity index (χ1n) is 3.09. The molecule has 7 heteroatoms. The molecule has 0 atom stereocenters. The van der Waals surface area contributed by atoms with Crippen LogP contribution in [0.2, 0.25) is 0 Å². The molecule has 0 aromatic carbocycles. The predicted molar refractivity (Wildman–Crippen MR) is 43.4 cm³/mol. The minimum absolute atomic E-state index is 0.162.